The summed E-state index contributed by atoms with van der Waals surface area (Å²) in [6, 6.07) is 7.54. The summed E-state index contributed by atoms with van der Waals surface area (Å²) in [5.41, 5.74) is 1.66. The van der Waals surface area contributed by atoms with Gasteiger partial charge in [-0.05, 0) is 34.1 Å². The van der Waals surface area contributed by atoms with Crippen LogP contribution in [0, 0.1) is 0 Å². The molecule has 1 aromatic heterocycles. The molecule has 8 nitrogen and oxygen atoms in total. The van der Waals surface area contributed by atoms with Gasteiger partial charge in [0.2, 0.25) is 0 Å². The van der Waals surface area contributed by atoms with E-state index in [4.69, 9.17) is 9.47 Å². The first kappa shape index (κ1) is 19.9. The van der Waals surface area contributed by atoms with E-state index in [1.165, 1.54) is 0 Å². The van der Waals surface area contributed by atoms with Crippen molar-refractivity contribution in [2.75, 3.05) is 69.4 Å². The number of amides is 1. The van der Waals surface area contributed by atoms with Crippen LogP contribution in [0.15, 0.2) is 34.9 Å². The van der Waals surface area contributed by atoms with Gasteiger partial charge < -0.3 is 24.2 Å². The standard InChI is InChI=1S/C20H24BrN5O3/c1-28-16-2-3-18(21)17(13-16)20(27)26-6-4-24(5-7-26)15-12-19(23-22-14-15)25-8-10-29-11-9-25/h2-3,12-14H,4-11H2,1H3. The number of ether oxygens (including phenoxy) is 2. The topological polar surface area (TPSA) is 71.0 Å². The number of aromatic nitrogens is 2. The van der Waals surface area contributed by atoms with E-state index in [2.05, 4.69) is 42.0 Å². The average Bonchev–Trinajstić information content (AvgIpc) is 2.80. The number of benzene rings is 1. The Kier molecular flexibility index (Phi) is 6.15. The number of piperazine rings is 1. The van der Waals surface area contributed by atoms with E-state index in [0.29, 0.717) is 37.6 Å². The Balaban J connectivity index is 1.41. The van der Waals surface area contributed by atoms with Crippen LogP contribution in [0.4, 0.5) is 11.5 Å². The third-order valence-electron chi connectivity index (χ3n) is 5.30. The molecule has 3 heterocycles. The number of hydrogen-bond donors (Lipinski definition) is 0. The van der Waals surface area contributed by atoms with Crippen LogP contribution >= 0.6 is 15.9 Å². The third kappa shape index (κ3) is 4.45. The first-order valence-corrected chi connectivity index (χ1v) is 10.5. The molecule has 0 spiro atoms. The number of halogens is 1. The molecule has 29 heavy (non-hydrogen) atoms. The molecule has 154 valence electrons. The van der Waals surface area contributed by atoms with Crippen LogP contribution in [-0.4, -0.2) is 80.6 Å². The fourth-order valence-electron chi connectivity index (χ4n) is 3.60. The summed E-state index contributed by atoms with van der Waals surface area (Å²) in [5, 5.41) is 8.47. The monoisotopic (exact) mass is 461 g/mol. The fourth-order valence-corrected chi connectivity index (χ4v) is 4.02. The highest BCUT2D eigenvalue weighted by atomic mass is 79.9. The van der Waals surface area contributed by atoms with Crippen LogP contribution in [0.3, 0.4) is 0 Å². The fraction of sp³-hybridized carbons (Fsp3) is 0.450. The summed E-state index contributed by atoms with van der Waals surface area (Å²) in [4.78, 5) is 19.3. The van der Waals surface area contributed by atoms with E-state index >= 15 is 0 Å². The Labute approximate surface area is 178 Å². The largest absolute Gasteiger partial charge is 0.497 e. The minimum atomic E-state index is 0.0114. The smallest absolute Gasteiger partial charge is 0.255 e. The number of nitrogens with zero attached hydrogens (tertiary/aromatic N) is 5. The summed E-state index contributed by atoms with van der Waals surface area (Å²) < 4.78 is 11.4. The molecule has 2 aliphatic heterocycles. The van der Waals surface area contributed by atoms with Crippen LogP contribution in [-0.2, 0) is 4.74 Å². The maximum absolute atomic E-state index is 13.0. The van der Waals surface area contributed by atoms with Gasteiger partial charge in [0.05, 0.1) is 37.8 Å². The van der Waals surface area contributed by atoms with Crippen molar-refractivity contribution in [3.8, 4) is 5.75 Å². The lowest BCUT2D eigenvalue weighted by Gasteiger charge is -2.36. The van der Waals surface area contributed by atoms with Crippen molar-refractivity contribution >= 4 is 33.3 Å². The summed E-state index contributed by atoms with van der Waals surface area (Å²) in [6.07, 6.45) is 1.79. The normalized spacial score (nSPS) is 17.4. The molecule has 9 heteroatoms. The molecule has 1 aromatic carbocycles. The van der Waals surface area contributed by atoms with E-state index in [-0.39, 0.29) is 5.91 Å². The molecule has 4 rings (SSSR count). The van der Waals surface area contributed by atoms with E-state index in [0.717, 1.165) is 42.2 Å². The zero-order chi connectivity index (χ0) is 20.2. The molecule has 1 amide bonds. The molecule has 2 fully saturated rings. The Morgan fingerprint density at radius 3 is 2.55 bits per heavy atom. The van der Waals surface area contributed by atoms with Gasteiger partial charge >= 0.3 is 0 Å². The number of methoxy groups -OCH3 is 1. The molecule has 2 aliphatic rings. The summed E-state index contributed by atoms with van der Waals surface area (Å²) in [6.45, 7) is 5.89. The lowest BCUT2D eigenvalue weighted by atomic mass is 10.1. The van der Waals surface area contributed by atoms with E-state index in [1.54, 1.807) is 19.4 Å². The summed E-state index contributed by atoms with van der Waals surface area (Å²) in [7, 11) is 1.60. The van der Waals surface area contributed by atoms with E-state index in [1.807, 2.05) is 17.0 Å². The van der Waals surface area contributed by atoms with Gasteiger partial charge in [0.25, 0.3) is 5.91 Å². The summed E-state index contributed by atoms with van der Waals surface area (Å²) in [5.74, 6) is 1.57. The predicted molar refractivity (Wildman–Crippen MR) is 114 cm³/mol. The van der Waals surface area contributed by atoms with Gasteiger partial charge in [-0.3, -0.25) is 4.79 Å². The first-order chi connectivity index (χ1) is 14.2. The molecule has 0 radical (unpaired) electrons. The number of carbonyl (C=O) groups excluding carboxylic acids is 1. The Bertz CT molecular complexity index is 867. The number of rotatable bonds is 4. The van der Waals surface area contributed by atoms with Crippen molar-refractivity contribution in [2.24, 2.45) is 0 Å². The molecular formula is C20H24BrN5O3. The molecular weight excluding hydrogens is 438 g/mol. The van der Waals surface area contributed by atoms with Crippen molar-refractivity contribution in [3.05, 3.63) is 40.5 Å². The van der Waals surface area contributed by atoms with Crippen LogP contribution in [0.25, 0.3) is 0 Å². The molecule has 0 unspecified atom stereocenters. The van der Waals surface area contributed by atoms with Crippen molar-refractivity contribution in [1.29, 1.82) is 0 Å². The first-order valence-electron chi connectivity index (χ1n) is 9.69. The van der Waals surface area contributed by atoms with E-state index in [9.17, 15) is 4.79 Å². The second-order valence-electron chi connectivity index (χ2n) is 7.00. The van der Waals surface area contributed by atoms with Gasteiger partial charge in [-0.25, -0.2) is 0 Å². The van der Waals surface area contributed by atoms with Gasteiger partial charge in [0, 0.05) is 49.8 Å². The Morgan fingerprint density at radius 1 is 1.07 bits per heavy atom. The van der Waals surface area contributed by atoms with Gasteiger partial charge in [0.15, 0.2) is 5.82 Å². The van der Waals surface area contributed by atoms with Gasteiger partial charge in [0.1, 0.15) is 5.75 Å². The minimum absolute atomic E-state index is 0.0114. The van der Waals surface area contributed by atoms with Crippen LogP contribution in [0.5, 0.6) is 5.75 Å². The zero-order valence-electron chi connectivity index (χ0n) is 16.4. The Hall–Kier alpha value is -2.39. The van der Waals surface area contributed by atoms with Gasteiger partial charge in [-0.15, -0.1) is 5.10 Å². The van der Waals surface area contributed by atoms with Crippen molar-refractivity contribution in [3.63, 3.8) is 0 Å². The molecule has 0 atom stereocenters. The van der Waals surface area contributed by atoms with Crippen LogP contribution < -0.4 is 14.5 Å². The SMILES string of the molecule is COc1ccc(Br)c(C(=O)N2CCN(c3cnnc(N4CCOCC4)c3)CC2)c1. The highest BCUT2D eigenvalue weighted by molar-refractivity contribution is 9.10. The summed E-state index contributed by atoms with van der Waals surface area (Å²) >= 11 is 3.48. The Morgan fingerprint density at radius 2 is 1.83 bits per heavy atom. The lowest BCUT2D eigenvalue weighted by molar-refractivity contribution is 0.0745. The van der Waals surface area contributed by atoms with Gasteiger partial charge in [-0.1, -0.05) is 0 Å². The van der Waals surface area contributed by atoms with E-state index < -0.39 is 0 Å². The van der Waals surface area contributed by atoms with Gasteiger partial charge in [-0.2, -0.15) is 5.10 Å². The number of carbonyl (C=O) groups is 1. The average molecular weight is 462 g/mol. The molecule has 0 bridgehead atoms. The van der Waals surface area contributed by atoms with Crippen molar-refractivity contribution in [2.45, 2.75) is 0 Å². The zero-order valence-corrected chi connectivity index (χ0v) is 18.0. The van der Waals surface area contributed by atoms with Crippen molar-refractivity contribution in [1.82, 2.24) is 15.1 Å². The van der Waals surface area contributed by atoms with Crippen LogP contribution in [0.1, 0.15) is 10.4 Å². The number of morpholine rings is 1. The lowest BCUT2D eigenvalue weighted by Crippen LogP contribution is -2.49. The molecule has 2 aromatic rings. The highest BCUT2D eigenvalue weighted by Crippen LogP contribution is 2.25. The molecule has 0 aliphatic carbocycles. The second-order valence-corrected chi connectivity index (χ2v) is 7.85. The van der Waals surface area contributed by atoms with Crippen molar-refractivity contribution < 1.29 is 14.3 Å². The second kappa shape index (κ2) is 8.96. The van der Waals surface area contributed by atoms with Crippen LogP contribution in [0.2, 0.25) is 0 Å². The maximum Gasteiger partial charge on any atom is 0.255 e. The number of anilines is 2. The molecule has 0 N–H and O–H groups in total. The highest BCUT2D eigenvalue weighted by Gasteiger charge is 2.25. The predicted octanol–water partition coefficient (Wildman–Crippen LogP) is 2.05. The third-order valence-corrected chi connectivity index (χ3v) is 5.99. The number of hydrogen-bond acceptors (Lipinski definition) is 7. The minimum Gasteiger partial charge on any atom is -0.497 e. The quantitative estimate of drug-likeness (QED) is 0.689. The molecule has 2 saturated heterocycles. The maximum atomic E-state index is 13.0. The molecule has 0 saturated carbocycles.